The van der Waals surface area contributed by atoms with Crippen LogP contribution in [-0.2, 0) is 19.1 Å². The lowest BCUT2D eigenvalue weighted by atomic mass is 9.46. The monoisotopic (exact) mass is 444 g/mol. The van der Waals surface area contributed by atoms with E-state index in [9.17, 15) is 24.6 Å². The van der Waals surface area contributed by atoms with Gasteiger partial charge in [-0.15, -0.1) is 0 Å². The van der Waals surface area contributed by atoms with Crippen molar-refractivity contribution in [1.29, 1.82) is 0 Å². The Morgan fingerprint density at radius 3 is 2.56 bits per heavy atom. The summed E-state index contributed by atoms with van der Waals surface area (Å²) in [5.41, 5.74) is -2.45. The Morgan fingerprint density at radius 2 is 1.91 bits per heavy atom. The average molecular weight is 445 g/mol. The van der Waals surface area contributed by atoms with Gasteiger partial charge in [-0.3, -0.25) is 14.4 Å². The van der Waals surface area contributed by atoms with E-state index >= 15 is 0 Å². The molecule has 0 heterocycles. The van der Waals surface area contributed by atoms with Crippen LogP contribution in [0.15, 0.2) is 23.8 Å². The van der Waals surface area contributed by atoms with Crippen molar-refractivity contribution in [2.24, 2.45) is 34.0 Å². The largest absolute Gasteiger partial charge is 0.457 e. The smallest absolute Gasteiger partial charge is 0.311 e. The summed E-state index contributed by atoms with van der Waals surface area (Å²) in [4.78, 5) is 37.3. The first-order valence-corrected chi connectivity index (χ1v) is 11.8. The van der Waals surface area contributed by atoms with E-state index in [0.717, 1.165) is 18.4 Å². The zero-order chi connectivity index (χ0) is 23.7. The summed E-state index contributed by atoms with van der Waals surface area (Å²) < 4.78 is 5.24. The molecule has 32 heavy (non-hydrogen) atoms. The highest BCUT2D eigenvalue weighted by Crippen LogP contribution is 2.67. The number of fused-ring (bicyclic) bond motifs is 5. The van der Waals surface area contributed by atoms with Crippen LogP contribution in [0.2, 0.25) is 0 Å². The van der Waals surface area contributed by atoms with Gasteiger partial charge in [0.25, 0.3) is 0 Å². The van der Waals surface area contributed by atoms with Gasteiger partial charge in [0, 0.05) is 16.7 Å². The Kier molecular flexibility index (Phi) is 5.37. The highest BCUT2D eigenvalue weighted by atomic mass is 16.5. The summed E-state index contributed by atoms with van der Waals surface area (Å²) in [5.74, 6) is -0.791. The maximum atomic E-state index is 13.2. The van der Waals surface area contributed by atoms with Gasteiger partial charge < -0.3 is 14.9 Å². The number of aliphatic hydroxyl groups is 2. The van der Waals surface area contributed by atoms with E-state index in [1.165, 1.54) is 0 Å². The van der Waals surface area contributed by atoms with Crippen LogP contribution in [-0.4, -0.2) is 46.1 Å². The number of ketones is 2. The fraction of sp³-hybridized carbons (Fsp3) is 0.731. The molecule has 6 heteroatoms. The molecular formula is C26H36O6. The third-order valence-corrected chi connectivity index (χ3v) is 9.06. The molecule has 176 valence electrons. The molecular weight excluding hydrogens is 408 g/mol. The van der Waals surface area contributed by atoms with Crippen molar-refractivity contribution in [1.82, 2.24) is 0 Å². The van der Waals surface area contributed by atoms with Crippen molar-refractivity contribution >= 4 is 17.5 Å². The van der Waals surface area contributed by atoms with E-state index < -0.39 is 40.9 Å². The zero-order valence-corrected chi connectivity index (χ0v) is 19.8. The highest BCUT2D eigenvalue weighted by Gasteiger charge is 2.68. The number of carbonyl (C=O) groups is 3. The Labute approximate surface area is 190 Å². The predicted octanol–water partition coefficient (Wildman–Crippen LogP) is 3.15. The molecule has 0 aromatic carbocycles. The van der Waals surface area contributed by atoms with Crippen LogP contribution in [0.4, 0.5) is 0 Å². The van der Waals surface area contributed by atoms with Crippen molar-refractivity contribution in [2.75, 3.05) is 6.61 Å². The Bertz CT molecular complexity index is 910. The molecule has 4 aliphatic carbocycles. The summed E-state index contributed by atoms with van der Waals surface area (Å²) in [6.07, 6.45) is 7.48. The summed E-state index contributed by atoms with van der Waals surface area (Å²) in [5, 5.41) is 23.0. The van der Waals surface area contributed by atoms with Gasteiger partial charge in [0.15, 0.2) is 12.4 Å². The summed E-state index contributed by atoms with van der Waals surface area (Å²) in [7, 11) is 0. The fourth-order valence-corrected chi connectivity index (χ4v) is 7.26. The number of Topliss-reactive ketones (excluding diaryl/α,β-unsaturated/α-hetero) is 1. The molecule has 0 aromatic rings. The van der Waals surface area contributed by atoms with Crippen molar-refractivity contribution in [3.05, 3.63) is 23.8 Å². The van der Waals surface area contributed by atoms with E-state index in [-0.39, 0.29) is 29.0 Å². The lowest BCUT2D eigenvalue weighted by Gasteiger charge is -2.59. The average Bonchev–Trinajstić information content (AvgIpc) is 2.97. The van der Waals surface area contributed by atoms with Gasteiger partial charge in [0.1, 0.15) is 5.60 Å². The zero-order valence-electron chi connectivity index (χ0n) is 19.8. The van der Waals surface area contributed by atoms with Gasteiger partial charge in [-0.1, -0.05) is 25.5 Å². The van der Waals surface area contributed by atoms with E-state index in [4.69, 9.17) is 4.74 Å². The predicted molar refractivity (Wildman–Crippen MR) is 118 cm³/mol. The minimum atomic E-state index is -1.63. The molecule has 3 fully saturated rings. The molecule has 2 N–H and O–H groups in total. The minimum absolute atomic E-state index is 0.00305. The van der Waals surface area contributed by atoms with Crippen LogP contribution in [0, 0.1) is 34.0 Å². The molecule has 4 rings (SSSR count). The number of hydrogen-bond acceptors (Lipinski definition) is 6. The van der Waals surface area contributed by atoms with Crippen LogP contribution in [0.5, 0.6) is 0 Å². The van der Waals surface area contributed by atoms with E-state index in [1.807, 2.05) is 13.0 Å². The van der Waals surface area contributed by atoms with E-state index in [2.05, 4.69) is 6.92 Å². The third-order valence-electron chi connectivity index (χ3n) is 9.06. The quantitative estimate of drug-likeness (QED) is 0.649. The van der Waals surface area contributed by atoms with Crippen LogP contribution < -0.4 is 0 Å². The van der Waals surface area contributed by atoms with Gasteiger partial charge in [-0.05, 0) is 76.9 Å². The summed E-state index contributed by atoms with van der Waals surface area (Å²) in [6.45, 7) is 8.73. The standard InChI is InChI=1S/C26H36O6/c1-23(2,3)22(30)32-14-20(29)26(31)11-9-18-17-7-6-15-12-16(27)8-10-24(15,4)21(17)19(28)13-25(18,26)5/h8,10,12,17-19,21,28,31H,6-7,9,11,13-14H2,1-5H3/t17-,18-,19-,21?,24-,25-,26-/m0/s1. The molecule has 6 nitrogen and oxygen atoms in total. The third kappa shape index (κ3) is 3.25. The lowest BCUT2D eigenvalue weighted by molar-refractivity contribution is -0.182. The number of carbonyl (C=O) groups excluding carboxylic acids is 3. The maximum Gasteiger partial charge on any atom is 0.311 e. The second-order valence-corrected chi connectivity index (χ2v) is 11.9. The molecule has 0 spiro atoms. The summed E-state index contributed by atoms with van der Waals surface area (Å²) >= 11 is 0. The number of aliphatic hydroxyl groups excluding tert-OH is 1. The first kappa shape index (κ1) is 23.4. The second kappa shape index (κ2) is 7.36. The van der Waals surface area contributed by atoms with Gasteiger partial charge in [-0.2, -0.15) is 0 Å². The minimum Gasteiger partial charge on any atom is -0.457 e. The molecule has 3 saturated carbocycles. The topological polar surface area (TPSA) is 101 Å². The van der Waals surface area contributed by atoms with Crippen molar-refractivity contribution in [3.8, 4) is 0 Å². The van der Waals surface area contributed by atoms with Crippen molar-refractivity contribution in [2.45, 2.75) is 78.4 Å². The Morgan fingerprint density at radius 1 is 1.22 bits per heavy atom. The lowest BCUT2D eigenvalue weighted by Crippen LogP contribution is -2.61. The molecule has 0 radical (unpaired) electrons. The van der Waals surface area contributed by atoms with Crippen molar-refractivity contribution in [3.63, 3.8) is 0 Å². The fourth-order valence-electron chi connectivity index (χ4n) is 7.26. The maximum absolute atomic E-state index is 13.2. The van der Waals surface area contributed by atoms with Crippen molar-refractivity contribution < 1.29 is 29.3 Å². The Hall–Kier alpha value is -1.79. The molecule has 0 aromatic heterocycles. The van der Waals surface area contributed by atoms with E-state index in [0.29, 0.717) is 19.3 Å². The normalized spacial score (nSPS) is 43.1. The SMILES string of the molecule is CC(C)(C)C(=O)OCC(=O)[C@@]1(O)CC[C@H]2[C@@H]3CCC4=CC(=O)C=C[C@]4(C)C3[C@@H](O)C[C@@]21C. The number of allylic oxidation sites excluding steroid dienone is 4. The number of rotatable bonds is 3. The molecule has 1 unspecified atom stereocenters. The van der Waals surface area contributed by atoms with Crippen LogP contribution in [0.3, 0.4) is 0 Å². The molecule has 0 saturated heterocycles. The Balaban J connectivity index is 1.60. The molecule has 0 aliphatic heterocycles. The first-order valence-electron chi connectivity index (χ1n) is 11.8. The number of ether oxygens (including phenoxy) is 1. The number of esters is 1. The van der Waals surface area contributed by atoms with Gasteiger partial charge >= 0.3 is 5.97 Å². The van der Waals surface area contributed by atoms with E-state index in [1.54, 1.807) is 32.9 Å². The van der Waals surface area contributed by atoms with Crippen LogP contribution >= 0.6 is 0 Å². The van der Waals surface area contributed by atoms with Gasteiger partial charge in [0.2, 0.25) is 5.78 Å². The molecule has 0 bridgehead atoms. The van der Waals surface area contributed by atoms with Crippen LogP contribution in [0.25, 0.3) is 0 Å². The molecule has 4 aliphatic rings. The first-order chi connectivity index (χ1) is 14.7. The second-order valence-electron chi connectivity index (χ2n) is 11.9. The highest BCUT2D eigenvalue weighted by molar-refractivity contribution is 6.01. The molecule has 0 amide bonds. The number of hydrogen-bond donors (Lipinski definition) is 2. The summed E-state index contributed by atoms with van der Waals surface area (Å²) in [6, 6.07) is 0. The van der Waals surface area contributed by atoms with Gasteiger partial charge in [0.05, 0.1) is 11.5 Å². The van der Waals surface area contributed by atoms with Crippen LogP contribution in [0.1, 0.15) is 66.7 Å². The van der Waals surface area contributed by atoms with Gasteiger partial charge in [-0.25, -0.2) is 0 Å². The molecule has 7 atom stereocenters.